The highest BCUT2D eigenvalue weighted by Crippen LogP contribution is 2.28. The van der Waals surface area contributed by atoms with Crippen LogP contribution in [0, 0.1) is 13.8 Å². The molecule has 1 atom stereocenters. The van der Waals surface area contributed by atoms with Crippen molar-refractivity contribution in [3.05, 3.63) is 34.9 Å². The number of nitrogens with zero attached hydrogens (tertiary/aromatic N) is 4. The van der Waals surface area contributed by atoms with Gasteiger partial charge in [-0.05, 0) is 38.8 Å². The van der Waals surface area contributed by atoms with E-state index < -0.39 is 0 Å². The topological polar surface area (TPSA) is 49.7 Å². The van der Waals surface area contributed by atoms with Crippen LogP contribution in [0.1, 0.15) is 41.3 Å². The summed E-state index contributed by atoms with van der Waals surface area (Å²) in [6.07, 6.45) is 6.44. The number of H-pyrrole nitrogens is 1. The van der Waals surface area contributed by atoms with Gasteiger partial charge in [-0.15, -0.1) is 0 Å². The molecular formula is C15H23N5. The van der Waals surface area contributed by atoms with Crippen molar-refractivity contribution >= 4 is 0 Å². The molecule has 2 aromatic rings. The lowest BCUT2D eigenvalue weighted by Gasteiger charge is -2.32. The van der Waals surface area contributed by atoms with Crippen LogP contribution in [0.3, 0.4) is 0 Å². The number of likely N-dealkylation sites (tertiary alicyclic amines) is 1. The van der Waals surface area contributed by atoms with Crippen LogP contribution in [0.5, 0.6) is 0 Å². The van der Waals surface area contributed by atoms with Gasteiger partial charge in [-0.3, -0.25) is 14.7 Å². The maximum atomic E-state index is 4.34. The Bertz CT molecular complexity index is 583. The number of piperidine rings is 1. The smallest absolute Gasteiger partial charge is 0.0537 e. The average molecular weight is 273 g/mol. The summed E-state index contributed by atoms with van der Waals surface area (Å²) in [5.74, 6) is 0.586. The van der Waals surface area contributed by atoms with E-state index in [9.17, 15) is 0 Å². The first-order valence-electron chi connectivity index (χ1n) is 7.35. The number of nitrogens with one attached hydrogen (secondary N) is 1. The van der Waals surface area contributed by atoms with E-state index in [2.05, 4.69) is 34.0 Å². The summed E-state index contributed by atoms with van der Waals surface area (Å²) in [7, 11) is 2.01. The number of hydrogen-bond donors (Lipinski definition) is 1. The highest BCUT2D eigenvalue weighted by molar-refractivity contribution is 5.20. The van der Waals surface area contributed by atoms with Gasteiger partial charge in [-0.25, -0.2) is 0 Å². The van der Waals surface area contributed by atoms with Gasteiger partial charge in [0.1, 0.15) is 0 Å². The Labute approximate surface area is 120 Å². The fourth-order valence-electron chi connectivity index (χ4n) is 3.14. The van der Waals surface area contributed by atoms with Gasteiger partial charge in [0, 0.05) is 43.0 Å². The highest BCUT2D eigenvalue weighted by Gasteiger charge is 2.24. The summed E-state index contributed by atoms with van der Waals surface area (Å²) in [5.41, 5.74) is 5.21. The van der Waals surface area contributed by atoms with E-state index in [1.54, 1.807) is 0 Å². The molecule has 0 aliphatic carbocycles. The molecule has 0 spiro atoms. The monoisotopic (exact) mass is 273 g/mol. The average Bonchev–Trinajstić information content (AvgIpc) is 3.00. The first kappa shape index (κ1) is 13.4. The predicted octanol–water partition coefficient (Wildman–Crippen LogP) is 2.14. The molecule has 0 aromatic carbocycles. The molecular weight excluding hydrogens is 250 g/mol. The predicted molar refractivity (Wildman–Crippen MR) is 78.5 cm³/mol. The van der Waals surface area contributed by atoms with Crippen molar-refractivity contribution in [2.75, 3.05) is 13.1 Å². The molecule has 1 aliphatic rings. The number of aromatic amines is 1. The molecule has 1 saturated heterocycles. The summed E-state index contributed by atoms with van der Waals surface area (Å²) < 4.78 is 1.95. The molecule has 2 aromatic heterocycles. The summed E-state index contributed by atoms with van der Waals surface area (Å²) >= 11 is 0. The SMILES string of the molecule is Cc1cn[nH]c1[C@@H]1CCCN(Cc2cnn(C)c2C)C1. The van der Waals surface area contributed by atoms with Gasteiger partial charge < -0.3 is 0 Å². The zero-order valence-corrected chi connectivity index (χ0v) is 12.6. The molecule has 0 saturated carbocycles. The van der Waals surface area contributed by atoms with Crippen LogP contribution in [0.4, 0.5) is 0 Å². The second-order valence-electron chi connectivity index (χ2n) is 5.92. The van der Waals surface area contributed by atoms with E-state index in [0.717, 1.165) is 13.1 Å². The van der Waals surface area contributed by atoms with Crippen LogP contribution in [0.25, 0.3) is 0 Å². The lowest BCUT2D eigenvalue weighted by atomic mass is 9.92. The second-order valence-corrected chi connectivity index (χ2v) is 5.92. The first-order chi connectivity index (χ1) is 9.65. The molecule has 0 unspecified atom stereocenters. The lowest BCUT2D eigenvalue weighted by molar-refractivity contribution is 0.198. The minimum absolute atomic E-state index is 0.586. The van der Waals surface area contributed by atoms with Gasteiger partial charge in [-0.2, -0.15) is 10.2 Å². The van der Waals surface area contributed by atoms with E-state index in [1.807, 2.05) is 24.1 Å². The minimum atomic E-state index is 0.586. The summed E-state index contributed by atoms with van der Waals surface area (Å²) in [5, 5.41) is 11.7. The molecule has 1 aliphatic heterocycles. The van der Waals surface area contributed by atoms with Crippen molar-refractivity contribution in [1.29, 1.82) is 0 Å². The standard InChI is InChI=1S/C15H23N5/c1-11-7-16-18-15(11)13-5-4-6-20(9-13)10-14-8-17-19(3)12(14)2/h7-8,13H,4-6,9-10H2,1-3H3,(H,16,18)/t13-/m1/s1. The molecule has 108 valence electrons. The number of aryl methyl sites for hydroxylation is 2. The molecule has 0 radical (unpaired) electrons. The van der Waals surface area contributed by atoms with Crippen LogP contribution in [-0.4, -0.2) is 38.0 Å². The zero-order valence-electron chi connectivity index (χ0n) is 12.6. The Balaban J connectivity index is 1.69. The number of aromatic nitrogens is 4. The Morgan fingerprint density at radius 3 is 2.85 bits per heavy atom. The van der Waals surface area contributed by atoms with E-state index >= 15 is 0 Å². The fourth-order valence-corrected chi connectivity index (χ4v) is 3.14. The van der Waals surface area contributed by atoms with Crippen molar-refractivity contribution in [3.8, 4) is 0 Å². The van der Waals surface area contributed by atoms with Gasteiger partial charge in [0.05, 0.1) is 12.4 Å². The van der Waals surface area contributed by atoms with E-state index in [1.165, 1.54) is 41.9 Å². The molecule has 1 fully saturated rings. The van der Waals surface area contributed by atoms with Crippen LogP contribution in [0.15, 0.2) is 12.4 Å². The van der Waals surface area contributed by atoms with Gasteiger partial charge in [0.15, 0.2) is 0 Å². The summed E-state index contributed by atoms with van der Waals surface area (Å²) in [6.45, 7) is 7.57. The zero-order chi connectivity index (χ0) is 14.1. The van der Waals surface area contributed by atoms with E-state index in [-0.39, 0.29) is 0 Å². The van der Waals surface area contributed by atoms with Crippen LogP contribution < -0.4 is 0 Å². The van der Waals surface area contributed by atoms with Crippen molar-refractivity contribution in [2.45, 2.75) is 39.2 Å². The molecule has 1 N–H and O–H groups in total. The van der Waals surface area contributed by atoms with Crippen molar-refractivity contribution < 1.29 is 0 Å². The van der Waals surface area contributed by atoms with Gasteiger partial charge in [0.2, 0.25) is 0 Å². The van der Waals surface area contributed by atoms with Crippen molar-refractivity contribution in [2.24, 2.45) is 7.05 Å². The van der Waals surface area contributed by atoms with Crippen LogP contribution in [-0.2, 0) is 13.6 Å². The molecule has 0 amide bonds. The molecule has 3 heterocycles. The molecule has 0 bridgehead atoms. The number of rotatable bonds is 3. The van der Waals surface area contributed by atoms with Crippen LogP contribution in [0.2, 0.25) is 0 Å². The third-order valence-corrected chi connectivity index (χ3v) is 4.51. The third-order valence-electron chi connectivity index (χ3n) is 4.51. The second kappa shape index (κ2) is 5.40. The van der Waals surface area contributed by atoms with E-state index in [0.29, 0.717) is 5.92 Å². The summed E-state index contributed by atoms with van der Waals surface area (Å²) in [4.78, 5) is 2.54. The van der Waals surface area contributed by atoms with Gasteiger partial charge >= 0.3 is 0 Å². The lowest BCUT2D eigenvalue weighted by Crippen LogP contribution is -2.34. The maximum Gasteiger partial charge on any atom is 0.0537 e. The largest absolute Gasteiger partial charge is 0.298 e. The normalized spacial score (nSPS) is 20.4. The van der Waals surface area contributed by atoms with Crippen molar-refractivity contribution in [3.63, 3.8) is 0 Å². The Hall–Kier alpha value is -1.62. The maximum absolute atomic E-state index is 4.34. The molecule has 5 heteroatoms. The molecule has 5 nitrogen and oxygen atoms in total. The van der Waals surface area contributed by atoms with Gasteiger partial charge in [0.25, 0.3) is 0 Å². The Morgan fingerprint density at radius 1 is 1.35 bits per heavy atom. The highest BCUT2D eigenvalue weighted by atomic mass is 15.3. The third kappa shape index (κ3) is 2.50. The Morgan fingerprint density at radius 2 is 2.20 bits per heavy atom. The summed E-state index contributed by atoms with van der Waals surface area (Å²) in [6, 6.07) is 0. The number of hydrogen-bond acceptors (Lipinski definition) is 3. The van der Waals surface area contributed by atoms with Gasteiger partial charge in [-0.1, -0.05) is 0 Å². The molecule has 3 rings (SSSR count). The van der Waals surface area contributed by atoms with Crippen molar-refractivity contribution in [1.82, 2.24) is 24.9 Å². The fraction of sp³-hybridized carbons (Fsp3) is 0.600. The van der Waals surface area contributed by atoms with Crippen LogP contribution >= 0.6 is 0 Å². The first-order valence-corrected chi connectivity index (χ1v) is 7.35. The van der Waals surface area contributed by atoms with E-state index in [4.69, 9.17) is 0 Å². The quantitative estimate of drug-likeness (QED) is 0.932. The Kier molecular flexibility index (Phi) is 3.61. The molecule has 20 heavy (non-hydrogen) atoms. The minimum Gasteiger partial charge on any atom is -0.298 e.